The molecular formula is C24H32ClN5O2S. The smallest absolute Gasteiger partial charge is 0.261 e. The maximum atomic E-state index is 13.2. The molecule has 0 radical (unpaired) electrons. The Bertz CT molecular complexity index is 1230. The number of benzene rings is 2. The van der Waals surface area contributed by atoms with Crippen LogP contribution in [0.4, 0.5) is 5.69 Å². The van der Waals surface area contributed by atoms with Gasteiger partial charge < -0.3 is 9.47 Å². The number of hydrogen-bond donors (Lipinski definition) is 1. The average molecular weight is 490 g/mol. The van der Waals surface area contributed by atoms with E-state index in [-0.39, 0.29) is 16.4 Å². The van der Waals surface area contributed by atoms with Crippen LogP contribution in [-0.2, 0) is 22.0 Å². The van der Waals surface area contributed by atoms with Gasteiger partial charge in [0.05, 0.1) is 17.1 Å². The molecule has 0 aliphatic carbocycles. The Labute approximate surface area is 201 Å². The highest BCUT2D eigenvalue weighted by Crippen LogP contribution is 2.33. The van der Waals surface area contributed by atoms with E-state index in [0.717, 1.165) is 11.4 Å². The summed E-state index contributed by atoms with van der Waals surface area (Å²) in [6.07, 6.45) is 0. The standard InChI is InChI=1S/C24H32ClN5O2S/c1-16(2)30-22(15-29(6)7)26-27-23(30)20-14-18(25)10-13-21(20)28-33(31,32)19-11-8-17(9-12-19)24(3,4)5/h8-14,16,28H,15H2,1-7H3. The molecule has 3 rings (SSSR count). The van der Waals surface area contributed by atoms with Gasteiger partial charge in [0.1, 0.15) is 5.82 Å². The van der Waals surface area contributed by atoms with Crippen LogP contribution in [0.5, 0.6) is 0 Å². The molecule has 7 nitrogen and oxygen atoms in total. The molecule has 0 saturated heterocycles. The van der Waals surface area contributed by atoms with Crippen LogP contribution >= 0.6 is 11.6 Å². The number of rotatable bonds is 7. The lowest BCUT2D eigenvalue weighted by molar-refractivity contribution is 0.375. The van der Waals surface area contributed by atoms with Crippen molar-refractivity contribution >= 4 is 27.3 Å². The second-order valence-corrected chi connectivity index (χ2v) is 11.8. The summed E-state index contributed by atoms with van der Waals surface area (Å²) in [6, 6.07) is 12.0. The topological polar surface area (TPSA) is 80.1 Å². The first kappa shape index (κ1) is 25.2. The van der Waals surface area contributed by atoms with Gasteiger partial charge in [-0.05, 0) is 69.3 Å². The van der Waals surface area contributed by atoms with Gasteiger partial charge in [-0.3, -0.25) is 4.72 Å². The first-order chi connectivity index (χ1) is 15.3. The Kier molecular flexibility index (Phi) is 7.21. The molecule has 0 spiro atoms. The maximum Gasteiger partial charge on any atom is 0.261 e. The lowest BCUT2D eigenvalue weighted by atomic mass is 9.87. The number of hydrogen-bond acceptors (Lipinski definition) is 5. The third-order valence-corrected chi connectivity index (χ3v) is 6.85. The highest BCUT2D eigenvalue weighted by molar-refractivity contribution is 7.92. The molecule has 1 aromatic heterocycles. The number of halogens is 1. The van der Waals surface area contributed by atoms with Gasteiger partial charge in [0.15, 0.2) is 5.82 Å². The summed E-state index contributed by atoms with van der Waals surface area (Å²) >= 11 is 6.30. The minimum absolute atomic E-state index is 0.0652. The van der Waals surface area contributed by atoms with Crippen molar-refractivity contribution in [1.82, 2.24) is 19.7 Å². The van der Waals surface area contributed by atoms with E-state index in [0.29, 0.717) is 28.6 Å². The SMILES string of the molecule is CC(C)n1c(CN(C)C)nnc1-c1cc(Cl)ccc1NS(=O)(=O)c1ccc(C(C)(C)C)cc1. The van der Waals surface area contributed by atoms with Gasteiger partial charge in [-0.15, -0.1) is 10.2 Å². The fraction of sp³-hybridized carbons (Fsp3) is 0.417. The molecule has 0 atom stereocenters. The van der Waals surface area contributed by atoms with Crippen LogP contribution in [0.25, 0.3) is 11.4 Å². The van der Waals surface area contributed by atoms with E-state index in [2.05, 4.69) is 35.7 Å². The van der Waals surface area contributed by atoms with E-state index in [9.17, 15) is 8.42 Å². The molecule has 2 aromatic carbocycles. The summed E-state index contributed by atoms with van der Waals surface area (Å²) in [7, 11) is 0.0994. The van der Waals surface area contributed by atoms with Gasteiger partial charge in [0.25, 0.3) is 10.0 Å². The van der Waals surface area contributed by atoms with E-state index < -0.39 is 10.0 Å². The number of nitrogens with one attached hydrogen (secondary N) is 1. The van der Waals surface area contributed by atoms with E-state index in [1.807, 2.05) is 49.5 Å². The minimum atomic E-state index is -3.82. The minimum Gasteiger partial charge on any atom is -0.307 e. The zero-order valence-electron chi connectivity index (χ0n) is 20.2. The summed E-state index contributed by atoms with van der Waals surface area (Å²) < 4.78 is 31.1. The number of anilines is 1. The molecule has 0 aliphatic rings. The molecule has 0 saturated carbocycles. The molecule has 0 bridgehead atoms. The normalized spacial score (nSPS) is 12.5. The second-order valence-electron chi connectivity index (χ2n) is 9.71. The van der Waals surface area contributed by atoms with Crippen molar-refractivity contribution in [1.29, 1.82) is 0 Å². The zero-order chi connectivity index (χ0) is 24.6. The zero-order valence-corrected chi connectivity index (χ0v) is 21.8. The summed E-state index contributed by atoms with van der Waals surface area (Å²) in [5, 5.41) is 9.24. The molecule has 0 unspecified atom stereocenters. The predicted molar refractivity (Wildman–Crippen MR) is 134 cm³/mol. The Morgan fingerprint density at radius 3 is 2.24 bits per heavy atom. The van der Waals surface area contributed by atoms with Gasteiger partial charge in [0, 0.05) is 16.6 Å². The fourth-order valence-electron chi connectivity index (χ4n) is 3.57. The fourth-order valence-corrected chi connectivity index (χ4v) is 4.82. The van der Waals surface area contributed by atoms with Crippen LogP contribution in [0.2, 0.25) is 5.02 Å². The highest BCUT2D eigenvalue weighted by Gasteiger charge is 2.23. The molecule has 178 valence electrons. The van der Waals surface area contributed by atoms with E-state index in [4.69, 9.17) is 11.6 Å². The molecular weight excluding hydrogens is 458 g/mol. The first-order valence-corrected chi connectivity index (χ1v) is 12.7. The molecule has 1 heterocycles. The number of aromatic nitrogens is 3. The van der Waals surface area contributed by atoms with Crippen molar-refractivity contribution in [2.45, 2.75) is 57.5 Å². The largest absolute Gasteiger partial charge is 0.307 e. The molecule has 9 heteroatoms. The Morgan fingerprint density at radius 2 is 1.70 bits per heavy atom. The summed E-state index contributed by atoms with van der Waals surface area (Å²) in [5.74, 6) is 1.35. The Morgan fingerprint density at radius 1 is 1.06 bits per heavy atom. The van der Waals surface area contributed by atoms with E-state index in [1.54, 1.807) is 30.3 Å². The molecule has 1 N–H and O–H groups in total. The third-order valence-electron chi connectivity index (χ3n) is 5.24. The van der Waals surface area contributed by atoms with Gasteiger partial charge in [-0.1, -0.05) is 44.5 Å². The van der Waals surface area contributed by atoms with Crippen LogP contribution < -0.4 is 4.72 Å². The molecule has 33 heavy (non-hydrogen) atoms. The molecule has 0 amide bonds. The van der Waals surface area contributed by atoms with Gasteiger partial charge in [-0.25, -0.2) is 8.42 Å². The summed E-state index contributed by atoms with van der Waals surface area (Å²) in [6.45, 7) is 10.9. The summed E-state index contributed by atoms with van der Waals surface area (Å²) in [4.78, 5) is 2.20. The maximum absolute atomic E-state index is 13.2. The van der Waals surface area contributed by atoms with E-state index in [1.165, 1.54) is 0 Å². The van der Waals surface area contributed by atoms with Crippen LogP contribution in [0.3, 0.4) is 0 Å². The van der Waals surface area contributed by atoms with Gasteiger partial charge in [-0.2, -0.15) is 0 Å². The predicted octanol–water partition coefficient (Wildman–Crippen LogP) is 5.34. The van der Waals surface area contributed by atoms with Crippen LogP contribution in [0.1, 0.15) is 52.0 Å². The molecule has 0 fully saturated rings. The van der Waals surface area contributed by atoms with Crippen molar-refractivity contribution in [3.05, 3.63) is 58.9 Å². The third kappa shape index (κ3) is 5.75. The van der Waals surface area contributed by atoms with E-state index >= 15 is 0 Å². The van der Waals surface area contributed by atoms with Crippen molar-refractivity contribution < 1.29 is 8.42 Å². The van der Waals surface area contributed by atoms with Crippen LogP contribution in [0, 0.1) is 0 Å². The lowest BCUT2D eigenvalue weighted by Gasteiger charge is -2.20. The van der Waals surface area contributed by atoms with Crippen LogP contribution in [-0.4, -0.2) is 42.2 Å². The quantitative estimate of drug-likeness (QED) is 0.484. The summed E-state index contributed by atoms with van der Waals surface area (Å²) in [5.41, 5.74) is 1.96. The molecule has 3 aromatic rings. The first-order valence-electron chi connectivity index (χ1n) is 10.8. The van der Waals surface area contributed by atoms with Crippen molar-refractivity contribution in [3.8, 4) is 11.4 Å². The van der Waals surface area contributed by atoms with Crippen molar-refractivity contribution in [2.24, 2.45) is 0 Å². The van der Waals surface area contributed by atoms with Gasteiger partial charge in [0.2, 0.25) is 0 Å². The van der Waals surface area contributed by atoms with Crippen molar-refractivity contribution in [2.75, 3.05) is 18.8 Å². The van der Waals surface area contributed by atoms with Crippen LogP contribution in [0.15, 0.2) is 47.4 Å². The number of nitrogens with zero attached hydrogens (tertiary/aromatic N) is 4. The number of sulfonamides is 1. The monoisotopic (exact) mass is 489 g/mol. The Balaban J connectivity index is 2.05. The molecule has 0 aliphatic heterocycles. The lowest BCUT2D eigenvalue weighted by Crippen LogP contribution is -2.18. The van der Waals surface area contributed by atoms with Gasteiger partial charge >= 0.3 is 0 Å². The Hall–Kier alpha value is -2.42. The average Bonchev–Trinajstić information content (AvgIpc) is 3.11. The second kappa shape index (κ2) is 9.44. The van der Waals surface area contributed by atoms with Crippen molar-refractivity contribution in [3.63, 3.8) is 0 Å². The highest BCUT2D eigenvalue weighted by atomic mass is 35.5.